The van der Waals surface area contributed by atoms with Crippen LogP contribution in [0.2, 0.25) is 0 Å². The van der Waals surface area contributed by atoms with Crippen molar-refractivity contribution < 1.29 is 22.4 Å². The maximum Gasteiger partial charge on any atom is 0.239 e. The average molecular weight is 468 g/mol. The molecular weight excluding hydrogens is 442 g/mol. The molecule has 1 unspecified atom stereocenters. The molecule has 1 atom stereocenters. The summed E-state index contributed by atoms with van der Waals surface area (Å²) in [6.07, 6.45) is 3.90. The van der Waals surface area contributed by atoms with Crippen LogP contribution >= 0.6 is 11.8 Å². The van der Waals surface area contributed by atoms with Gasteiger partial charge in [-0.05, 0) is 44.6 Å². The first kappa shape index (κ1) is 23.1. The van der Waals surface area contributed by atoms with Gasteiger partial charge in [-0.3, -0.25) is 14.7 Å². The number of sulfone groups is 1. The number of carbonyl (C=O) groups excluding carboxylic acids is 2. The van der Waals surface area contributed by atoms with Crippen LogP contribution in [0.4, 0.5) is 0 Å². The lowest BCUT2D eigenvalue weighted by atomic mass is 10.2. The summed E-state index contributed by atoms with van der Waals surface area (Å²) >= 11 is 1.17. The number of carbonyl (C=O) groups is 2. The Morgan fingerprint density at radius 1 is 1.39 bits per heavy atom. The standard InChI is InChI=1S/C19H25N5O5S2/c1-3-24(10-17(25)20-14-8-9-31(27,28)12-14)18(26)11-30-19-21-16(22-23-19)7-6-15-5-4-13(2)29-15/h4-7,14H,3,8-12H2,1-2H3,(H,20,25)(H,21,22,23). The number of nitrogens with zero attached hydrogens (tertiary/aromatic N) is 3. The smallest absolute Gasteiger partial charge is 0.239 e. The van der Waals surface area contributed by atoms with Crippen molar-refractivity contribution in [3.8, 4) is 0 Å². The van der Waals surface area contributed by atoms with E-state index in [0.717, 1.165) is 5.76 Å². The van der Waals surface area contributed by atoms with E-state index < -0.39 is 9.84 Å². The lowest BCUT2D eigenvalue weighted by Crippen LogP contribution is -2.45. The molecule has 2 amide bonds. The third kappa shape index (κ3) is 6.96. The van der Waals surface area contributed by atoms with Gasteiger partial charge >= 0.3 is 0 Å². The lowest BCUT2D eigenvalue weighted by molar-refractivity contribution is -0.134. The lowest BCUT2D eigenvalue weighted by Gasteiger charge is -2.21. The van der Waals surface area contributed by atoms with Crippen molar-refractivity contribution in [2.24, 2.45) is 0 Å². The van der Waals surface area contributed by atoms with Crippen LogP contribution in [0.3, 0.4) is 0 Å². The molecule has 3 heterocycles. The molecule has 0 radical (unpaired) electrons. The van der Waals surface area contributed by atoms with Gasteiger partial charge in [0.15, 0.2) is 9.84 Å². The van der Waals surface area contributed by atoms with Gasteiger partial charge in [0.1, 0.15) is 17.3 Å². The van der Waals surface area contributed by atoms with Crippen molar-refractivity contribution in [2.75, 3.05) is 30.3 Å². The minimum atomic E-state index is -3.07. The van der Waals surface area contributed by atoms with Crippen molar-refractivity contribution in [3.05, 3.63) is 29.5 Å². The molecule has 3 rings (SSSR count). The van der Waals surface area contributed by atoms with Crippen LogP contribution in [0.5, 0.6) is 0 Å². The number of thioether (sulfide) groups is 1. The molecule has 10 nitrogen and oxygen atoms in total. The first-order valence-corrected chi connectivity index (χ1v) is 12.6. The van der Waals surface area contributed by atoms with E-state index in [2.05, 4.69) is 20.5 Å². The van der Waals surface area contributed by atoms with Gasteiger partial charge in [-0.15, -0.1) is 5.10 Å². The maximum absolute atomic E-state index is 12.5. The highest BCUT2D eigenvalue weighted by atomic mass is 32.2. The summed E-state index contributed by atoms with van der Waals surface area (Å²) in [5.41, 5.74) is 0. The van der Waals surface area contributed by atoms with Crippen molar-refractivity contribution in [3.63, 3.8) is 0 Å². The van der Waals surface area contributed by atoms with E-state index in [1.54, 1.807) is 19.1 Å². The van der Waals surface area contributed by atoms with Gasteiger partial charge in [-0.1, -0.05) is 11.8 Å². The summed E-state index contributed by atoms with van der Waals surface area (Å²) in [6.45, 7) is 3.89. The fourth-order valence-electron chi connectivity index (χ4n) is 3.05. The highest BCUT2D eigenvalue weighted by molar-refractivity contribution is 7.99. The zero-order valence-electron chi connectivity index (χ0n) is 17.3. The maximum atomic E-state index is 12.5. The fourth-order valence-corrected chi connectivity index (χ4v) is 5.43. The van der Waals surface area contributed by atoms with Crippen LogP contribution in [-0.4, -0.2) is 76.7 Å². The van der Waals surface area contributed by atoms with E-state index in [-0.39, 0.29) is 41.7 Å². The summed E-state index contributed by atoms with van der Waals surface area (Å²) in [7, 11) is -3.07. The van der Waals surface area contributed by atoms with Gasteiger partial charge in [0, 0.05) is 12.6 Å². The molecule has 12 heteroatoms. The third-order valence-corrected chi connectivity index (χ3v) is 7.24. The Bertz CT molecular complexity index is 1060. The second kappa shape index (κ2) is 10.1. The molecule has 2 aromatic heterocycles. The average Bonchev–Trinajstić information content (AvgIpc) is 3.42. The zero-order chi connectivity index (χ0) is 22.4. The van der Waals surface area contributed by atoms with Crippen molar-refractivity contribution in [1.82, 2.24) is 25.4 Å². The van der Waals surface area contributed by atoms with Gasteiger partial charge < -0.3 is 14.6 Å². The third-order valence-electron chi connectivity index (χ3n) is 4.64. The summed E-state index contributed by atoms with van der Waals surface area (Å²) in [6, 6.07) is 3.32. The number of nitrogens with one attached hydrogen (secondary N) is 2. The minimum absolute atomic E-state index is 0.0458. The number of hydrogen-bond donors (Lipinski definition) is 2. The van der Waals surface area contributed by atoms with Crippen LogP contribution in [0.25, 0.3) is 12.2 Å². The molecule has 1 saturated heterocycles. The van der Waals surface area contributed by atoms with E-state index in [1.165, 1.54) is 16.7 Å². The molecule has 1 aliphatic rings. The first-order chi connectivity index (χ1) is 14.7. The molecule has 2 aromatic rings. The number of aryl methyl sites for hydroxylation is 1. The van der Waals surface area contributed by atoms with Crippen LogP contribution in [0.15, 0.2) is 21.7 Å². The predicted octanol–water partition coefficient (Wildman–Crippen LogP) is 1.12. The number of amides is 2. The van der Waals surface area contributed by atoms with E-state index in [4.69, 9.17) is 4.42 Å². The highest BCUT2D eigenvalue weighted by Crippen LogP contribution is 2.15. The zero-order valence-corrected chi connectivity index (χ0v) is 19.0. The topological polar surface area (TPSA) is 138 Å². The Kier molecular flexibility index (Phi) is 7.55. The molecule has 1 aliphatic heterocycles. The van der Waals surface area contributed by atoms with Gasteiger partial charge in [0.2, 0.25) is 17.0 Å². The monoisotopic (exact) mass is 467 g/mol. The van der Waals surface area contributed by atoms with Gasteiger partial charge in [0.25, 0.3) is 0 Å². The normalized spacial score (nSPS) is 17.8. The summed E-state index contributed by atoms with van der Waals surface area (Å²) < 4.78 is 28.5. The van der Waals surface area contributed by atoms with Crippen LogP contribution in [0.1, 0.15) is 30.7 Å². The molecule has 168 valence electrons. The molecule has 1 fully saturated rings. The Labute approximate surface area is 184 Å². The predicted molar refractivity (Wildman–Crippen MR) is 117 cm³/mol. The van der Waals surface area contributed by atoms with Crippen molar-refractivity contribution in [1.29, 1.82) is 0 Å². The number of likely N-dealkylation sites (N-methyl/N-ethyl adjacent to an activating group) is 1. The number of aromatic amines is 1. The number of H-pyrrole nitrogens is 1. The van der Waals surface area contributed by atoms with Gasteiger partial charge in [0.05, 0.1) is 23.8 Å². The summed E-state index contributed by atoms with van der Waals surface area (Å²) in [4.78, 5) is 30.4. The quantitative estimate of drug-likeness (QED) is 0.523. The van der Waals surface area contributed by atoms with Gasteiger partial charge in [-0.25, -0.2) is 13.4 Å². The molecule has 0 saturated carbocycles. The van der Waals surface area contributed by atoms with E-state index in [1.807, 2.05) is 19.1 Å². The molecule has 0 bridgehead atoms. The van der Waals surface area contributed by atoms with E-state index in [0.29, 0.717) is 29.7 Å². The number of hydrogen-bond acceptors (Lipinski definition) is 8. The Morgan fingerprint density at radius 3 is 2.84 bits per heavy atom. The minimum Gasteiger partial charge on any atom is -0.462 e. The first-order valence-electron chi connectivity index (χ1n) is 9.81. The number of rotatable bonds is 9. The Hall–Kier alpha value is -2.60. The molecule has 2 N–H and O–H groups in total. The Morgan fingerprint density at radius 2 is 2.19 bits per heavy atom. The highest BCUT2D eigenvalue weighted by Gasteiger charge is 2.29. The molecule has 0 aliphatic carbocycles. The largest absolute Gasteiger partial charge is 0.462 e. The van der Waals surface area contributed by atoms with Crippen LogP contribution in [0, 0.1) is 6.92 Å². The van der Waals surface area contributed by atoms with Crippen molar-refractivity contribution >= 4 is 45.6 Å². The SMILES string of the molecule is CCN(CC(=O)NC1CCS(=O)(=O)C1)C(=O)CSc1n[nH]c(C=Cc2ccc(C)o2)n1. The van der Waals surface area contributed by atoms with E-state index >= 15 is 0 Å². The van der Waals surface area contributed by atoms with E-state index in [9.17, 15) is 18.0 Å². The molecular formula is C19H25N5O5S2. The summed E-state index contributed by atoms with van der Waals surface area (Å²) in [5, 5.41) is 9.97. The van der Waals surface area contributed by atoms with Crippen molar-refractivity contribution in [2.45, 2.75) is 31.5 Å². The fraction of sp³-hybridized carbons (Fsp3) is 0.474. The van der Waals surface area contributed by atoms with Crippen LogP contribution in [-0.2, 0) is 19.4 Å². The van der Waals surface area contributed by atoms with Crippen LogP contribution < -0.4 is 5.32 Å². The van der Waals surface area contributed by atoms with Gasteiger partial charge in [-0.2, -0.15) is 0 Å². The molecule has 31 heavy (non-hydrogen) atoms. The Balaban J connectivity index is 1.46. The summed E-state index contributed by atoms with van der Waals surface area (Å²) in [5.74, 6) is 1.57. The second-order valence-electron chi connectivity index (χ2n) is 7.15. The number of furan rings is 1. The molecule has 0 spiro atoms. The second-order valence-corrected chi connectivity index (χ2v) is 10.3. The molecule has 0 aromatic carbocycles. The number of aromatic nitrogens is 3.